The summed E-state index contributed by atoms with van der Waals surface area (Å²) in [6.45, 7) is 8.29. The number of hydrogen-bond acceptors (Lipinski definition) is 3. The minimum Gasteiger partial charge on any atom is -0.494 e. The highest BCUT2D eigenvalue weighted by Gasteiger charge is 2.31. The lowest BCUT2D eigenvalue weighted by atomic mass is 9.90. The monoisotopic (exact) mass is 280 g/mol. The molecule has 3 nitrogen and oxygen atoms in total. The van der Waals surface area contributed by atoms with Crippen LogP contribution in [-0.2, 0) is 6.54 Å². The fraction of sp³-hybridized carbons (Fsp3) is 0.625. The van der Waals surface area contributed by atoms with Crippen molar-refractivity contribution in [3.63, 3.8) is 0 Å². The van der Waals surface area contributed by atoms with Crippen LogP contribution in [0.2, 0.25) is 0 Å². The summed E-state index contributed by atoms with van der Waals surface area (Å²) >= 11 is 0. The van der Waals surface area contributed by atoms with E-state index in [1.54, 1.807) is 12.1 Å². The summed E-state index contributed by atoms with van der Waals surface area (Å²) in [6, 6.07) is 5.24. The lowest BCUT2D eigenvalue weighted by Gasteiger charge is -2.43. The molecule has 112 valence electrons. The second-order valence-electron chi connectivity index (χ2n) is 5.59. The molecule has 0 amide bonds. The summed E-state index contributed by atoms with van der Waals surface area (Å²) in [5.74, 6) is 0.0305. The van der Waals surface area contributed by atoms with Gasteiger partial charge in [-0.05, 0) is 30.5 Å². The Balaban J connectivity index is 2.04. The summed E-state index contributed by atoms with van der Waals surface area (Å²) in [4.78, 5) is 2.41. The molecule has 1 fully saturated rings. The molecule has 1 heterocycles. The molecule has 0 aliphatic carbocycles. The van der Waals surface area contributed by atoms with Crippen molar-refractivity contribution >= 4 is 0 Å². The van der Waals surface area contributed by atoms with Gasteiger partial charge in [0.1, 0.15) is 0 Å². The fourth-order valence-corrected chi connectivity index (χ4v) is 2.97. The maximum atomic E-state index is 13.7. The Kier molecular flexibility index (Phi) is 5.00. The van der Waals surface area contributed by atoms with Gasteiger partial charge in [-0.1, -0.05) is 19.9 Å². The molecule has 0 unspecified atom stereocenters. The van der Waals surface area contributed by atoms with Gasteiger partial charge in [0.15, 0.2) is 11.6 Å². The Labute approximate surface area is 121 Å². The van der Waals surface area contributed by atoms with E-state index in [9.17, 15) is 4.39 Å². The van der Waals surface area contributed by atoms with Crippen molar-refractivity contribution in [2.45, 2.75) is 38.8 Å². The Hall–Kier alpha value is -1.13. The number of nitrogens with zero attached hydrogens (tertiary/aromatic N) is 1. The van der Waals surface area contributed by atoms with Crippen molar-refractivity contribution in [1.29, 1.82) is 0 Å². The fourth-order valence-electron chi connectivity index (χ4n) is 2.97. The standard InChI is InChI=1S/C16H25FN2O/c1-4-16(5-2)12-19(9-8-18-16)11-13-6-7-15(20-3)14(17)10-13/h6-7,10,18H,4-5,8-9,11-12H2,1-3H3. The third kappa shape index (κ3) is 3.30. The number of benzene rings is 1. The summed E-state index contributed by atoms with van der Waals surface area (Å²) in [5, 5.41) is 3.64. The van der Waals surface area contributed by atoms with E-state index in [4.69, 9.17) is 4.74 Å². The SMILES string of the molecule is CCC1(CC)CN(Cc2ccc(OC)c(F)c2)CCN1. The van der Waals surface area contributed by atoms with Crippen molar-refractivity contribution in [2.24, 2.45) is 0 Å². The van der Waals surface area contributed by atoms with E-state index >= 15 is 0 Å². The first-order valence-electron chi connectivity index (χ1n) is 7.42. The van der Waals surface area contributed by atoms with E-state index < -0.39 is 0 Å². The summed E-state index contributed by atoms with van der Waals surface area (Å²) in [7, 11) is 1.49. The van der Waals surface area contributed by atoms with E-state index in [2.05, 4.69) is 24.1 Å². The Morgan fingerprint density at radius 3 is 2.70 bits per heavy atom. The maximum absolute atomic E-state index is 13.7. The average Bonchev–Trinajstić information content (AvgIpc) is 2.47. The largest absolute Gasteiger partial charge is 0.494 e. The zero-order valence-corrected chi connectivity index (χ0v) is 12.7. The van der Waals surface area contributed by atoms with Crippen molar-refractivity contribution < 1.29 is 9.13 Å². The van der Waals surface area contributed by atoms with E-state index in [0.717, 1.165) is 44.6 Å². The van der Waals surface area contributed by atoms with Gasteiger partial charge in [-0.25, -0.2) is 4.39 Å². The highest BCUT2D eigenvalue weighted by Crippen LogP contribution is 2.23. The topological polar surface area (TPSA) is 24.5 Å². The van der Waals surface area contributed by atoms with E-state index in [-0.39, 0.29) is 11.4 Å². The normalized spacial score (nSPS) is 19.0. The van der Waals surface area contributed by atoms with Gasteiger partial charge in [0.05, 0.1) is 7.11 Å². The molecule has 0 aromatic heterocycles. The molecule has 1 aromatic rings. The number of ether oxygens (including phenoxy) is 1. The minimum atomic E-state index is -0.280. The van der Waals surface area contributed by atoms with E-state index in [1.807, 2.05) is 6.07 Å². The van der Waals surface area contributed by atoms with Gasteiger partial charge in [0.2, 0.25) is 0 Å². The third-order valence-electron chi connectivity index (χ3n) is 4.43. The van der Waals surface area contributed by atoms with Gasteiger partial charge < -0.3 is 10.1 Å². The van der Waals surface area contributed by atoms with Gasteiger partial charge in [-0.3, -0.25) is 4.90 Å². The first kappa shape index (κ1) is 15.3. The van der Waals surface area contributed by atoms with Crippen LogP contribution in [0.1, 0.15) is 32.3 Å². The number of piperazine rings is 1. The zero-order chi connectivity index (χ0) is 14.6. The first-order valence-corrected chi connectivity index (χ1v) is 7.42. The molecular formula is C16H25FN2O. The van der Waals surface area contributed by atoms with Crippen molar-refractivity contribution in [2.75, 3.05) is 26.7 Å². The summed E-state index contributed by atoms with van der Waals surface area (Å²) in [6.07, 6.45) is 2.24. The van der Waals surface area contributed by atoms with Crippen LogP contribution in [0.15, 0.2) is 18.2 Å². The number of halogens is 1. The van der Waals surface area contributed by atoms with Crippen LogP contribution in [0.25, 0.3) is 0 Å². The molecule has 0 bridgehead atoms. The van der Waals surface area contributed by atoms with Crippen molar-refractivity contribution in [3.05, 3.63) is 29.6 Å². The lowest BCUT2D eigenvalue weighted by molar-refractivity contribution is 0.118. The van der Waals surface area contributed by atoms with Crippen LogP contribution in [0.3, 0.4) is 0 Å². The average molecular weight is 280 g/mol. The van der Waals surface area contributed by atoms with E-state index in [0.29, 0.717) is 5.75 Å². The van der Waals surface area contributed by atoms with Crippen LogP contribution in [0, 0.1) is 5.82 Å². The van der Waals surface area contributed by atoms with Crippen molar-refractivity contribution in [1.82, 2.24) is 10.2 Å². The van der Waals surface area contributed by atoms with Crippen LogP contribution in [-0.4, -0.2) is 37.2 Å². The van der Waals surface area contributed by atoms with Gasteiger partial charge in [-0.15, -0.1) is 0 Å². The first-order chi connectivity index (χ1) is 9.62. The molecule has 1 aliphatic heterocycles. The minimum absolute atomic E-state index is 0.212. The van der Waals surface area contributed by atoms with Gasteiger partial charge >= 0.3 is 0 Å². The second-order valence-corrected chi connectivity index (χ2v) is 5.59. The Morgan fingerprint density at radius 2 is 2.10 bits per heavy atom. The van der Waals surface area contributed by atoms with Gasteiger partial charge in [0.25, 0.3) is 0 Å². The second kappa shape index (κ2) is 6.55. The van der Waals surface area contributed by atoms with Crippen LogP contribution in [0.4, 0.5) is 4.39 Å². The third-order valence-corrected chi connectivity index (χ3v) is 4.43. The molecule has 0 atom stereocenters. The highest BCUT2D eigenvalue weighted by atomic mass is 19.1. The molecule has 0 saturated carbocycles. The highest BCUT2D eigenvalue weighted by molar-refractivity contribution is 5.29. The molecule has 1 aromatic carbocycles. The Morgan fingerprint density at radius 1 is 1.35 bits per heavy atom. The molecule has 0 radical (unpaired) electrons. The van der Waals surface area contributed by atoms with Crippen LogP contribution >= 0.6 is 0 Å². The van der Waals surface area contributed by atoms with E-state index in [1.165, 1.54) is 7.11 Å². The van der Waals surface area contributed by atoms with Gasteiger partial charge in [0, 0.05) is 31.7 Å². The smallest absolute Gasteiger partial charge is 0.165 e. The zero-order valence-electron chi connectivity index (χ0n) is 12.7. The number of methoxy groups -OCH3 is 1. The number of nitrogens with one attached hydrogen (secondary N) is 1. The number of hydrogen-bond donors (Lipinski definition) is 1. The lowest BCUT2D eigenvalue weighted by Crippen LogP contribution is -2.59. The summed E-state index contributed by atoms with van der Waals surface area (Å²) in [5.41, 5.74) is 1.22. The van der Waals surface area contributed by atoms with Gasteiger partial charge in [-0.2, -0.15) is 0 Å². The molecule has 1 aliphatic rings. The molecule has 4 heteroatoms. The van der Waals surface area contributed by atoms with Crippen LogP contribution in [0.5, 0.6) is 5.75 Å². The van der Waals surface area contributed by atoms with Crippen LogP contribution < -0.4 is 10.1 Å². The maximum Gasteiger partial charge on any atom is 0.165 e. The predicted molar refractivity (Wildman–Crippen MR) is 79.5 cm³/mol. The molecule has 1 N–H and O–H groups in total. The predicted octanol–water partition coefficient (Wildman–Crippen LogP) is 2.80. The molecule has 0 spiro atoms. The molecule has 2 rings (SSSR count). The molecular weight excluding hydrogens is 255 g/mol. The molecule has 1 saturated heterocycles. The quantitative estimate of drug-likeness (QED) is 0.897. The van der Waals surface area contributed by atoms with Crippen molar-refractivity contribution in [3.8, 4) is 5.75 Å². The number of rotatable bonds is 5. The Bertz CT molecular complexity index is 446. The molecule has 20 heavy (non-hydrogen) atoms. The summed E-state index contributed by atoms with van der Waals surface area (Å²) < 4.78 is 18.7.